The van der Waals surface area contributed by atoms with Crippen LogP contribution in [0.1, 0.15) is 24.1 Å². The second-order valence-electron chi connectivity index (χ2n) is 4.98. The third-order valence-corrected chi connectivity index (χ3v) is 3.80. The fourth-order valence-corrected chi connectivity index (χ4v) is 2.42. The number of benzene rings is 1. The summed E-state index contributed by atoms with van der Waals surface area (Å²) in [6.07, 6.45) is 1.63. The summed E-state index contributed by atoms with van der Waals surface area (Å²) in [6, 6.07) is 9.23. The van der Waals surface area contributed by atoms with Gasteiger partial charge in [0.1, 0.15) is 0 Å². The number of aromatic nitrogens is 1. The van der Waals surface area contributed by atoms with Crippen LogP contribution in [-0.2, 0) is 6.54 Å². The minimum absolute atomic E-state index is 0.0319. The zero-order chi connectivity index (χ0) is 15.4. The van der Waals surface area contributed by atoms with Crippen LogP contribution in [0.2, 0.25) is 5.02 Å². The molecule has 1 aromatic heterocycles. The van der Waals surface area contributed by atoms with Gasteiger partial charge in [-0.2, -0.15) is 0 Å². The van der Waals surface area contributed by atoms with Crippen molar-refractivity contribution in [2.24, 2.45) is 0 Å². The van der Waals surface area contributed by atoms with E-state index in [1.165, 1.54) is 0 Å². The fraction of sp³-hybridized carbons (Fsp3) is 0.312. The van der Waals surface area contributed by atoms with Crippen LogP contribution in [0.15, 0.2) is 36.5 Å². The highest BCUT2D eigenvalue weighted by molar-refractivity contribution is 6.30. The highest BCUT2D eigenvalue weighted by Gasteiger charge is 2.19. The van der Waals surface area contributed by atoms with Crippen molar-refractivity contribution in [3.63, 3.8) is 0 Å². The molecule has 0 spiro atoms. The monoisotopic (exact) mass is 307 g/mol. The van der Waals surface area contributed by atoms with Crippen molar-refractivity contribution >= 4 is 17.4 Å². The molecule has 0 aliphatic rings. The summed E-state index contributed by atoms with van der Waals surface area (Å²) < 4.78 is 14.5. The quantitative estimate of drug-likeness (QED) is 0.911. The van der Waals surface area contributed by atoms with Crippen molar-refractivity contribution < 1.29 is 4.39 Å². The Morgan fingerprint density at radius 3 is 2.81 bits per heavy atom. The van der Waals surface area contributed by atoms with Crippen molar-refractivity contribution in [1.82, 2.24) is 10.3 Å². The van der Waals surface area contributed by atoms with Crippen LogP contribution >= 0.6 is 11.6 Å². The van der Waals surface area contributed by atoms with Gasteiger partial charge in [-0.1, -0.05) is 23.7 Å². The van der Waals surface area contributed by atoms with Crippen molar-refractivity contribution in [3.05, 3.63) is 58.5 Å². The Morgan fingerprint density at radius 2 is 2.14 bits per heavy atom. The molecule has 112 valence electrons. The zero-order valence-electron chi connectivity index (χ0n) is 12.4. The maximum Gasteiger partial charge on any atom is 0.170 e. The van der Waals surface area contributed by atoms with E-state index in [0.29, 0.717) is 22.9 Å². The van der Waals surface area contributed by atoms with E-state index >= 15 is 0 Å². The molecule has 0 radical (unpaired) electrons. The molecule has 0 aliphatic carbocycles. The number of hydrogen-bond donors (Lipinski definition) is 1. The van der Waals surface area contributed by atoms with Gasteiger partial charge in [0.2, 0.25) is 0 Å². The molecule has 2 rings (SSSR count). The number of nitrogens with zero attached hydrogens (tertiary/aromatic N) is 2. The Balaban J connectivity index is 2.31. The molecule has 0 fully saturated rings. The second-order valence-corrected chi connectivity index (χ2v) is 5.42. The van der Waals surface area contributed by atoms with Crippen molar-refractivity contribution in [3.8, 4) is 0 Å². The van der Waals surface area contributed by atoms with Gasteiger partial charge in [0, 0.05) is 30.4 Å². The minimum atomic E-state index is -0.289. The van der Waals surface area contributed by atoms with Gasteiger partial charge in [0.15, 0.2) is 11.6 Å². The topological polar surface area (TPSA) is 28.2 Å². The van der Waals surface area contributed by atoms with Crippen LogP contribution in [-0.4, -0.2) is 19.1 Å². The Hall–Kier alpha value is -1.65. The van der Waals surface area contributed by atoms with Gasteiger partial charge in [-0.3, -0.25) is 0 Å². The van der Waals surface area contributed by atoms with Crippen LogP contribution in [0.4, 0.5) is 10.2 Å². The van der Waals surface area contributed by atoms with E-state index in [4.69, 9.17) is 11.6 Å². The van der Waals surface area contributed by atoms with E-state index in [0.717, 1.165) is 5.56 Å². The van der Waals surface area contributed by atoms with E-state index in [-0.39, 0.29) is 11.9 Å². The lowest BCUT2D eigenvalue weighted by Gasteiger charge is -2.27. The summed E-state index contributed by atoms with van der Waals surface area (Å²) in [7, 11) is 3.62. The first-order chi connectivity index (χ1) is 10.0. The van der Waals surface area contributed by atoms with E-state index in [2.05, 4.69) is 10.3 Å². The maximum atomic E-state index is 14.5. The van der Waals surface area contributed by atoms with E-state index < -0.39 is 0 Å². The van der Waals surface area contributed by atoms with E-state index in [1.54, 1.807) is 19.3 Å². The second kappa shape index (κ2) is 6.87. The number of nitrogens with one attached hydrogen (secondary N) is 1. The van der Waals surface area contributed by atoms with Crippen LogP contribution in [0.25, 0.3) is 0 Å². The summed E-state index contributed by atoms with van der Waals surface area (Å²) in [4.78, 5) is 6.00. The lowest BCUT2D eigenvalue weighted by molar-refractivity contribution is 0.580. The number of rotatable bonds is 5. The minimum Gasteiger partial charge on any atom is -0.350 e. The first kappa shape index (κ1) is 15.7. The molecular formula is C16H19ClFN3. The van der Waals surface area contributed by atoms with Crippen molar-refractivity contribution in [1.29, 1.82) is 0 Å². The fourth-order valence-electron chi connectivity index (χ4n) is 2.22. The average Bonchev–Trinajstić information content (AvgIpc) is 2.48. The van der Waals surface area contributed by atoms with Crippen molar-refractivity contribution in [2.75, 3.05) is 19.0 Å². The highest BCUT2D eigenvalue weighted by Crippen LogP contribution is 2.28. The van der Waals surface area contributed by atoms with E-state index in [9.17, 15) is 4.39 Å². The number of anilines is 1. The molecule has 1 unspecified atom stereocenters. The van der Waals surface area contributed by atoms with Crippen LogP contribution in [0.3, 0.4) is 0 Å². The molecule has 3 nitrogen and oxygen atoms in total. The molecule has 5 heteroatoms. The number of halogens is 2. The van der Waals surface area contributed by atoms with Crippen LogP contribution in [0.5, 0.6) is 0 Å². The Labute approximate surface area is 129 Å². The third-order valence-electron chi connectivity index (χ3n) is 3.56. The van der Waals surface area contributed by atoms with Gasteiger partial charge >= 0.3 is 0 Å². The van der Waals surface area contributed by atoms with Crippen molar-refractivity contribution in [2.45, 2.75) is 19.5 Å². The van der Waals surface area contributed by atoms with Gasteiger partial charge in [-0.15, -0.1) is 0 Å². The number of hydrogen-bond acceptors (Lipinski definition) is 3. The first-order valence-corrected chi connectivity index (χ1v) is 7.18. The molecule has 0 saturated heterocycles. The van der Waals surface area contributed by atoms with Gasteiger partial charge < -0.3 is 10.2 Å². The zero-order valence-corrected chi connectivity index (χ0v) is 13.2. The standard InChI is InChI=1S/C16H19ClFN3/c1-11(12-5-4-6-14(17)9-12)21(3)16-15(18)13(10-19-2)7-8-20-16/h4-9,11,19H,10H2,1-3H3. The van der Waals surface area contributed by atoms with Gasteiger partial charge in [0.05, 0.1) is 6.04 Å². The van der Waals surface area contributed by atoms with Gasteiger partial charge in [0.25, 0.3) is 0 Å². The normalized spacial score (nSPS) is 12.2. The lowest BCUT2D eigenvalue weighted by Crippen LogP contribution is -2.24. The molecule has 1 aromatic carbocycles. The SMILES string of the molecule is CNCc1ccnc(N(C)C(C)c2cccc(Cl)c2)c1F. The van der Waals surface area contributed by atoms with Crippen LogP contribution < -0.4 is 10.2 Å². The van der Waals surface area contributed by atoms with Gasteiger partial charge in [-0.05, 0) is 37.7 Å². The Kier molecular flexibility index (Phi) is 5.15. The predicted molar refractivity (Wildman–Crippen MR) is 85.2 cm³/mol. The first-order valence-electron chi connectivity index (χ1n) is 6.81. The summed E-state index contributed by atoms with van der Waals surface area (Å²) in [6.45, 7) is 2.47. The Morgan fingerprint density at radius 1 is 1.38 bits per heavy atom. The smallest absolute Gasteiger partial charge is 0.170 e. The van der Waals surface area contributed by atoms with Gasteiger partial charge in [-0.25, -0.2) is 9.37 Å². The predicted octanol–water partition coefficient (Wildman–Crippen LogP) is 3.79. The molecular weight excluding hydrogens is 289 g/mol. The average molecular weight is 308 g/mol. The summed E-state index contributed by atoms with van der Waals surface area (Å²) >= 11 is 6.02. The summed E-state index contributed by atoms with van der Waals surface area (Å²) in [5.41, 5.74) is 1.62. The molecule has 1 heterocycles. The molecule has 2 aromatic rings. The number of pyridine rings is 1. The molecule has 0 amide bonds. The molecule has 1 atom stereocenters. The Bertz CT molecular complexity index is 618. The van der Waals surface area contributed by atoms with Crippen LogP contribution in [0, 0.1) is 5.82 Å². The largest absolute Gasteiger partial charge is 0.350 e. The molecule has 0 saturated carbocycles. The highest BCUT2D eigenvalue weighted by atomic mass is 35.5. The molecule has 1 N–H and O–H groups in total. The molecule has 21 heavy (non-hydrogen) atoms. The molecule has 0 aliphatic heterocycles. The van der Waals surface area contributed by atoms with E-state index in [1.807, 2.05) is 43.1 Å². The molecule has 0 bridgehead atoms. The third kappa shape index (κ3) is 3.52. The summed E-state index contributed by atoms with van der Waals surface area (Å²) in [5, 5.41) is 3.63. The maximum absolute atomic E-state index is 14.5. The summed E-state index contributed by atoms with van der Waals surface area (Å²) in [5.74, 6) is 0.0541. The lowest BCUT2D eigenvalue weighted by atomic mass is 10.1.